The number of hydroxylamine groups is 1. The Morgan fingerprint density at radius 1 is 1.09 bits per heavy atom. The summed E-state index contributed by atoms with van der Waals surface area (Å²) in [7, 11) is 0. The summed E-state index contributed by atoms with van der Waals surface area (Å²) >= 11 is 0. The van der Waals surface area contributed by atoms with E-state index in [2.05, 4.69) is 10.7 Å². The molecule has 1 saturated heterocycles. The van der Waals surface area contributed by atoms with Crippen LogP contribution in [0.15, 0.2) is 36.4 Å². The van der Waals surface area contributed by atoms with Gasteiger partial charge in [-0.3, -0.25) is 30.0 Å². The summed E-state index contributed by atoms with van der Waals surface area (Å²) in [6.07, 6.45) is 6.10. The van der Waals surface area contributed by atoms with Crippen molar-refractivity contribution < 1.29 is 19.6 Å². The first kappa shape index (κ1) is 27.5. The van der Waals surface area contributed by atoms with Gasteiger partial charge in [-0.1, -0.05) is 70.2 Å². The molecule has 3 atom stereocenters. The second kappa shape index (κ2) is 13.9. The fraction of sp³-hybridized carbons (Fsp3) is 0.577. The predicted octanol–water partition coefficient (Wildman–Crippen LogP) is 3.14. The summed E-state index contributed by atoms with van der Waals surface area (Å²) in [5, 5.41) is 14.0. The molecule has 1 aliphatic heterocycles. The van der Waals surface area contributed by atoms with Gasteiger partial charge in [0.15, 0.2) is 0 Å². The lowest BCUT2D eigenvalue weighted by atomic mass is 9.82. The molecule has 1 aliphatic rings. The SMILES string of the molecule is CC(C)C[C@@H](C(=O)NN(CC(C)C)C(=O)[C@H]1CCCN1)[C@H](CC=Cc1ccccc1)C(=O)NO. The van der Waals surface area contributed by atoms with Crippen molar-refractivity contribution >= 4 is 23.8 Å². The number of carbonyl (C=O) groups excluding carboxylic acids is 3. The van der Waals surface area contributed by atoms with Crippen molar-refractivity contribution in [2.75, 3.05) is 13.1 Å². The molecule has 0 aromatic heterocycles. The van der Waals surface area contributed by atoms with Crippen LogP contribution in [0.3, 0.4) is 0 Å². The number of amides is 3. The van der Waals surface area contributed by atoms with Crippen LogP contribution in [0, 0.1) is 23.7 Å². The number of hydrazine groups is 1. The van der Waals surface area contributed by atoms with E-state index >= 15 is 0 Å². The third kappa shape index (κ3) is 8.57. The van der Waals surface area contributed by atoms with Crippen LogP contribution >= 0.6 is 0 Å². The van der Waals surface area contributed by atoms with Crippen LogP contribution in [0.25, 0.3) is 6.08 Å². The molecule has 0 radical (unpaired) electrons. The standard InChI is InChI=1S/C26H40N4O4/c1-18(2)16-22(21(25(32)29-34)13-8-12-20-10-6-5-7-11-20)24(31)28-30(17-19(3)4)26(33)23-14-9-15-27-23/h5-8,10-12,18-19,21-23,27,34H,9,13-17H2,1-4H3,(H,28,31)(H,29,32)/t21-,22+,23+/m0/s1. The molecule has 1 aromatic carbocycles. The lowest BCUT2D eigenvalue weighted by Crippen LogP contribution is -2.56. The molecule has 8 nitrogen and oxygen atoms in total. The van der Waals surface area contributed by atoms with Gasteiger partial charge in [-0.15, -0.1) is 0 Å². The number of nitrogens with one attached hydrogen (secondary N) is 3. The van der Waals surface area contributed by atoms with E-state index in [-0.39, 0.29) is 36.1 Å². The third-order valence-electron chi connectivity index (χ3n) is 5.91. The first-order valence-electron chi connectivity index (χ1n) is 12.2. The molecule has 2 rings (SSSR count). The zero-order valence-electron chi connectivity index (χ0n) is 20.8. The Morgan fingerprint density at radius 3 is 2.35 bits per heavy atom. The maximum atomic E-state index is 13.5. The molecule has 0 spiro atoms. The number of hydrogen-bond donors (Lipinski definition) is 4. The second-order valence-electron chi connectivity index (χ2n) is 9.84. The molecule has 0 aliphatic carbocycles. The predicted molar refractivity (Wildman–Crippen MR) is 132 cm³/mol. The van der Waals surface area contributed by atoms with Crippen molar-refractivity contribution in [3.05, 3.63) is 42.0 Å². The average Bonchev–Trinajstić information content (AvgIpc) is 3.34. The quantitative estimate of drug-likeness (QED) is 0.292. The topological polar surface area (TPSA) is 111 Å². The van der Waals surface area contributed by atoms with Gasteiger partial charge >= 0.3 is 0 Å². The zero-order valence-corrected chi connectivity index (χ0v) is 20.8. The van der Waals surface area contributed by atoms with Gasteiger partial charge in [0.2, 0.25) is 11.8 Å². The number of rotatable bonds is 11. The minimum absolute atomic E-state index is 0.133. The van der Waals surface area contributed by atoms with Gasteiger partial charge in [0, 0.05) is 6.54 Å². The highest BCUT2D eigenvalue weighted by Gasteiger charge is 2.36. The van der Waals surface area contributed by atoms with E-state index in [0.717, 1.165) is 24.9 Å². The maximum absolute atomic E-state index is 13.5. The smallest absolute Gasteiger partial charge is 0.258 e. The van der Waals surface area contributed by atoms with Crippen LogP contribution in [0.2, 0.25) is 0 Å². The summed E-state index contributed by atoms with van der Waals surface area (Å²) in [5.41, 5.74) is 5.53. The van der Waals surface area contributed by atoms with Crippen molar-refractivity contribution in [1.29, 1.82) is 0 Å². The molecular weight excluding hydrogens is 432 g/mol. The summed E-state index contributed by atoms with van der Waals surface area (Å²) in [5.74, 6) is -2.37. The molecule has 0 bridgehead atoms. The summed E-state index contributed by atoms with van der Waals surface area (Å²) in [4.78, 5) is 39.2. The van der Waals surface area contributed by atoms with Gasteiger partial charge in [-0.2, -0.15) is 0 Å². The Balaban J connectivity index is 2.23. The third-order valence-corrected chi connectivity index (χ3v) is 5.91. The minimum atomic E-state index is -0.784. The molecule has 1 aromatic rings. The summed E-state index contributed by atoms with van der Waals surface area (Å²) in [6, 6.07) is 9.35. The first-order chi connectivity index (χ1) is 16.2. The van der Waals surface area contributed by atoms with Crippen molar-refractivity contribution in [1.82, 2.24) is 21.2 Å². The van der Waals surface area contributed by atoms with Crippen LogP contribution in [0.4, 0.5) is 0 Å². The lowest BCUT2D eigenvalue weighted by molar-refractivity contribution is -0.148. The van der Waals surface area contributed by atoms with Crippen LogP contribution in [0.1, 0.15) is 58.9 Å². The summed E-state index contributed by atoms with van der Waals surface area (Å²) < 4.78 is 0. The zero-order chi connectivity index (χ0) is 25.1. The van der Waals surface area contributed by atoms with Crippen molar-refractivity contribution in [3.8, 4) is 0 Å². The van der Waals surface area contributed by atoms with Crippen molar-refractivity contribution in [2.24, 2.45) is 23.7 Å². The highest BCUT2D eigenvalue weighted by Crippen LogP contribution is 2.26. The molecule has 1 fully saturated rings. The number of hydrogen-bond acceptors (Lipinski definition) is 5. The fourth-order valence-corrected chi connectivity index (χ4v) is 4.27. The van der Waals surface area contributed by atoms with E-state index in [1.807, 2.05) is 70.2 Å². The van der Waals surface area contributed by atoms with E-state index < -0.39 is 17.7 Å². The van der Waals surface area contributed by atoms with Gasteiger partial charge in [0.05, 0.1) is 17.9 Å². The largest absolute Gasteiger partial charge is 0.306 e. The first-order valence-corrected chi connectivity index (χ1v) is 12.2. The van der Waals surface area contributed by atoms with Crippen LogP contribution < -0.4 is 16.2 Å². The van der Waals surface area contributed by atoms with E-state index in [0.29, 0.717) is 13.0 Å². The molecule has 4 N–H and O–H groups in total. The maximum Gasteiger partial charge on any atom is 0.258 e. The molecule has 0 unspecified atom stereocenters. The molecule has 34 heavy (non-hydrogen) atoms. The van der Waals surface area contributed by atoms with Gasteiger partial charge in [0.25, 0.3) is 5.91 Å². The molecule has 0 saturated carbocycles. The average molecular weight is 473 g/mol. The Kier molecular flexibility index (Phi) is 11.2. The fourth-order valence-electron chi connectivity index (χ4n) is 4.27. The molecule has 3 amide bonds. The minimum Gasteiger partial charge on any atom is -0.306 e. The van der Waals surface area contributed by atoms with Crippen LogP contribution in [0.5, 0.6) is 0 Å². The van der Waals surface area contributed by atoms with E-state index in [1.54, 1.807) is 5.48 Å². The number of allylic oxidation sites excluding steroid dienone is 1. The van der Waals surface area contributed by atoms with Gasteiger partial charge in [-0.05, 0) is 49.6 Å². The summed E-state index contributed by atoms with van der Waals surface area (Å²) in [6.45, 7) is 9.08. The molecule has 188 valence electrons. The monoisotopic (exact) mass is 472 g/mol. The Bertz CT molecular complexity index is 819. The number of carbonyl (C=O) groups is 3. The van der Waals surface area contributed by atoms with Gasteiger partial charge in [0.1, 0.15) is 0 Å². The Morgan fingerprint density at radius 2 is 1.79 bits per heavy atom. The van der Waals surface area contributed by atoms with E-state index in [4.69, 9.17) is 0 Å². The Hall–Kier alpha value is -2.71. The second-order valence-corrected chi connectivity index (χ2v) is 9.84. The lowest BCUT2D eigenvalue weighted by Gasteiger charge is -2.31. The highest BCUT2D eigenvalue weighted by atomic mass is 16.5. The van der Waals surface area contributed by atoms with E-state index in [1.165, 1.54) is 5.01 Å². The van der Waals surface area contributed by atoms with Crippen LogP contribution in [-0.2, 0) is 14.4 Å². The number of nitrogens with zero attached hydrogens (tertiary/aromatic N) is 1. The highest BCUT2D eigenvalue weighted by molar-refractivity contribution is 5.90. The van der Waals surface area contributed by atoms with Crippen LogP contribution in [-0.4, -0.2) is 47.1 Å². The molecule has 8 heteroatoms. The van der Waals surface area contributed by atoms with Gasteiger partial charge in [-0.25, -0.2) is 5.48 Å². The van der Waals surface area contributed by atoms with Crippen molar-refractivity contribution in [3.63, 3.8) is 0 Å². The number of benzene rings is 1. The van der Waals surface area contributed by atoms with E-state index in [9.17, 15) is 19.6 Å². The normalized spacial score (nSPS) is 17.7. The molecule has 1 heterocycles. The van der Waals surface area contributed by atoms with Crippen molar-refractivity contribution in [2.45, 2.75) is 59.4 Å². The van der Waals surface area contributed by atoms with Gasteiger partial charge < -0.3 is 5.32 Å². The Labute approximate surface area is 203 Å². The molecular formula is C26H40N4O4.